The lowest BCUT2D eigenvalue weighted by Crippen LogP contribution is -2.27. The average Bonchev–Trinajstić information content (AvgIpc) is 2.79. The first kappa shape index (κ1) is 15.4. The predicted molar refractivity (Wildman–Crippen MR) is 75.3 cm³/mol. The van der Waals surface area contributed by atoms with Gasteiger partial charge in [0, 0.05) is 7.05 Å². The SMILES string of the molecule is Cc1nc(CN(C)S(=O)(=O)c2cc(N)c(F)cc2C)n[nH]1. The maximum Gasteiger partial charge on any atom is 0.243 e. The first-order valence-corrected chi connectivity index (χ1v) is 7.55. The fourth-order valence-electron chi connectivity index (χ4n) is 1.86. The lowest BCUT2D eigenvalue weighted by atomic mass is 10.2. The number of anilines is 1. The van der Waals surface area contributed by atoms with E-state index in [0.717, 1.165) is 16.4 Å². The summed E-state index contributed by atoms with van der Waals surface area (Å²) in [5, 5.41) is 6.53. The standard InChI is InChI=1S/C12H16FN5O2S/c1-7-4-9(13)10(14)5-11(7)21(19,20)18(3)6-12-15-8(2)16-17-12/h4-5H,6,14H2,1-3H3,(H,15,16,17). The number of nitrogen functional groups attached to an aromatic ring is 1. The number of nitrogens with zero attached hydrogens (tertiary/aromatic N) is 3. The van der Waals surface area contributed by atoms with Gasteiger partial charge in [-0.25, -0.2) is 17.8 Å². The van der Waals surface area contributed by atoms with Crippen molar-refractivity contribution in [3.63, 3.8) is 0 Å². The van der Waals surface area contributed by atoms with Gasteiger partial charge in [-0.15, -0.1) is 0 Å². The molecular weight excluding hydrogens is 297 g/mol. The quantitative estimate of drug-likeness (QED) is 0.818. The van der Waals surface area contributed by atoms with Gasteiger partial charge in [-0.1, -0.05) is 0 Å². The largest absolute Gasteiger partial charge is 0.396 e. The molecule has 2 aromatic rings. The molecule has 0 aliphatic carbocycles. The Labute approximate surface area is 122 Å². The predicted octanol–water partition coefficient (Wildman–Crippen LogP) is 0.964. The highest BCUT2D eigenvalue weighted by molar-refractivity contribution is 7.89. The summed E-state index contributed by atoms with van der Waals surface area (Å²) in [7, 11) is -2.40. The third kappa shape index (κ3) is 3.03. The number of aromatic amines is 1. The Bertz CT molecular complexity index is 772. The summed E-state index contributed by atoms with van der Waals surface area (Å²) in [6.45, 7) is 3.24. The molecule has 0 atom stereocenters. The third-order valence-corrected chi connectivity index (χ3v) is 4.94. The minimum Gasteiger partial charge on any atom is -0.396 e. The average molecular weight is 313 g/mol. The summed E-state index contributed by atoms with van der Waals surface area (Å²) in [4.78, 5) is 4.02. The number of benzene rings is 1. The van der Waals surface area contributed by atoms with Gasteiger partial charge in [0.05, 0.1) is 17.1 Å². The normalized spacial score (nSPS) is 12.0. The van der Waals surface area contributed by atoms with Crippen molar-refractivity contribution in [2.75, 3.05) is 12.8 Å². The van der Waals surface area contributed by atoms with Gasteiger partial charge in [0.1, 0.15) is 11.6 Å². The van der Waals surface area contributed by atoms with Crippen LogP contribution < -0.4 is 5.73 Å². The molecule has 2 rings (SSSR count). The Morgan fingerprint density at radius 3 is 2.62 bits per heavy atom. The second-order valence-electron chi connectivity index (χ2n) is 4.74. The molecule has 7 nitrogen and oxygen atoms in total. The van der Waals surface area contributed by atoms with E-state index in [1.165, 1.54) is 14.0 Å². The van der Waals surface area contributed by atoms with Crippen LogP contribution in [-0.4, -0.2) is 35.0 Å². The molecule has 0 aliphatic heterocycles. The van der Waals surface area contributed by atoms with Gasteiger partial charge in [-0.3, -0.25) is 5.10 Å². The van der Waals surface area contributed by atoms with Crippen LogP contribution in [0, 0.1) is 19.7 Å². The van der Waals surface area contributed by atoms with Gasteiger partial charge in [0.2, 0.25) is 10.0 Å². The molecule has 9 heteroatoms. The number of hydrogen-bond donors (Lipinski definition) is 2. The van der Waals surface area contributed by atoms with Crippen molar-refractivity contribution in [3.8, 4) is 0 Å². The number of nitrogens with two attached hydrogens (primary N) is 1. The Balaban J connectivity index is 2.35. The molecule has 0 saturated carbocycles. The maximum absolute atomic E-state index is 13.3. The van der Waals surface area contributed by atoms with Crippen LogP contribution in [0.15, 0.2) is 17.0 Å². The summed E-state index contributed by atoms with van der Waals surface area (Å²) >= 11 is 0. The zero-order valence-electron chi connectivity index (χ0n) is 11.9. The van der Waals surface area contributed by atoms with Gasteiger partial charge in [-0.05, 0) is 31.5 Å². The number of hydrogen-bond acceptors (Lipinski definition) is 5. The number of rotatable bonds is 4. The zero-order chi connectivity index (χ0) is 15.8. The summed E-state index contributed by atoms with van der Waals surface area (Å²) < 4.78 is 39.5. The summed E-state index contributed by atoms with van der Waals surface area (Å²) in [5.41, 5.74) is 5.54. The van der Waals surface area contributed by atoms with Gasteiger partial charge < -0.3 is 5.73 Å². The molecule has 21 heavy (non-hydrogen) atoms. The first-order valence-electron chi connectivity index (χ1n) is 6.11. The van der Waals surface area contributed by atoms with E-state index >= 15 is 0 Å². The highest BCUT2D eigenvalue weighted by Gasteiger charge is 2.25. The van der Waals surface area contributed by atoms with E-state index in [1.54, 1.807) is 6.92 Å². The molecular formula is C12H16FN5O2S. The highest BCUT2D eigenvalue weighted by atomic mass is 32.2. The molecule has 0 spiro atoms. The molecule has 114 valence electrons. The number of nitrogens with one attached hydrogen (secondary N) is 1. The van der Waals surface area contributed by atoms with Crippen LogP contribution in [0.2, 0.25) is 0 Å². The minimum atomic E-state index is -3.81. The molecule has 1 heterocycles. The van der Waals surface area contributed by atoms with Crippen molar-refractivity contribution in [2.45, 2.75) is 25.3 Å². The molecule has 0 amide bonds. The number of halogens is 1. The van der Waals surface area contributed by atoms with Crippen LogP contribution in [0.4, 0.5) is 10.1 Å². The molecule has 1 aromatic heterocycles. The van der Waals surface area contributed by atoms with Gasteiger partial charge in [0.25, 0.3) is 0 Å². The van der Waals surface area contributed by atoms with E-state index in [1.807, 2.05) is 0 Å². The highest BCUT2D eigenvalue weighted by Crippen LogP contribution is 2.24. The fraction of sp³-hybridized carbons (Fsp3) is 0.333. The maximum atomic E-state index is 13.3. The van der Waals surface area contributed by atoms with E-state index < -0.39 is 15.8 Å². The minimum absolute atomic E-state index is 0.00337. The summed E-state index contributed by atoms with van der Waals surface area (Å²) in [6.07, 6.45) is 0. The van der Waals surface area contributed by atoms with E-state index in [9.17, 15) is 12.8 Å². The molecule has 1 aromatic carbocycles. The van der Waals surface area contributed by atoms with Crippen molar-refractivity contribution in [3.05, 3.63) is 35.2 Å². The number of aromatic nitrogens is 3. The van der Waals surface area contributed by atoms with Crippen molar-refractivity contribution in [2.24, 2.45) is 0 Å². The lowest BCUT2D eigenvalue weighted by molar-refractivity contribution is 0.456. The van der Waals surface area contributed by atoms with Crippen molar-refractivity contribution >= 4 is 15.7 Å². The zero-order valence-corrected chi connectivity index (χ0v) is 12.7. The smallest absolute Gasteiger partial charge is 0.243 e. The Morgan fingerprint density at radius 1 is 1.38 bits per heavy atom. The van der Waals surface area contributed by atoms with Crippen LogP contribution in [0.1, 0.15) is 17.2 Å². The first-order chi connectivity index (χ1) is 9.71. The van der Waals surface area contributed by atoms with Gasteiger partial charge >= 0.3 is 0 Å². The number of H-pyrrole nitrogens is 1. The van der Waals surface area contributed by atoms with Crippen molar-refractivity contribution in [1.29, 1.82) is 0 Å². The summed E-state index contributed by atoms with van der Waals surface area (Å²) in [6, 6.07) is 2.23. The van der Waals surface area contributed by atoms with Gasteiger partial charge in [-0.2, -0.15) is 9.40 Å². The van der Waals surface area contributed by atoms with Gasteiger partial charge in [0.15, 0.2) is 5.82 Å². The summed E-state index contributed by atoms with van der Waals surface area (Å²) in [5.74, 6) is 0.308. The molecule has 0 saturated heterocycles. The Kier molecular flexibility index (Phi) is 3.97. The van der Waals surface area contributed by atoms with E-state index in [-0.39, 0.29) is 17.1 Å². The van der Waals surface area contributed by atoms with Crippen LogP contribution in [0.3, 0.4) is 0 Å². The van der Waals surface area contributed by atoms with Crippen LogP contribution >= 0.6 is 0 Å². The second-order valence-corrected chi connectivity index (χ2v) is 6.75. The van der Waals surface area contributed by atoms with Crippen LogP contribution in [-0.2, 0) is 16.6 Å². The lowest BCUT2D eigenvalue weighted by Gasteiger charge is -2.17. The van der Waals surface area contributed by atoms with E-state index in [0.29, 0.717) is 17.2 Å². The molecule has 0 unspecified atom stereocenters. The third-order valence-electron chi connectivity index (χ3n) is 2.99. The van der Waals surface area contributed by atoms with E-state index in [2.05, 4.69) is 15.2 Å². The fourth-order valence-corrected chi connectivity index (χ4v) is 3.22. The van der Waals surface area contributed by atoms with E-state index in [4.69, 9.17) is 5.73 Å². The molecule has 0 fully saturated rings. The Morgan fingerprint density at radius 2 is 2.05 bits per heavy atom. The van der Waals surface area contributed by atoms with Crippen molar-refractivity contribution < 1.29 is 12.8 Å². The van der Waals surface area contributed by atoms with Crippen LogP contribution in [0.25, 0.3) is 0 Å². The molecule has 0 aliphatic rings. The molecule has 0 radical (unpaired) electrons. The molecule has 3 N–H and O–H groups in total. The number of sulfonamides is 1. The number of aryl methyl sites for hydroxylation is 2. The monoisotopic (exact) mass is 313 g/mol. The second kappa shape index (κ2) is 5.41. The van der Waals surface area contributed by atoms with Crippen LogP contribution in [0.5, 0.6) is 0 Å². The molecule has 0 bridgehead atoms. The topological polar surface area (TPSA) is 105 Å². The Hall–Kier alpha value is -2.00. The van der Waals surface area contributed by atoms with Crippen molar-refractivity contribution in [1.82, 2.24) is 19.5 Å².